The van der Waals surface area contributed by atoms with Crippen LogP contribution in [0.25, 0.3) is 0 Å². The molecule has 0 bridgehead atoms. The Balaban J connectivity index is 2.37. The quantitative estimate of drug-likeness (QED) is 0.648. The van der Waals surface area contributed by atoms with Gasteiger partial charge in [0.1, 0.15) is 12.1 Å². The van der Waals surface area contributed by atoms with Crippen LogP contribution in [-0.4, -0.2) is 34.2 Å². The van der Waals surface area contributed by atoms with Crippen molar-refractivity contribution >= 4 is 11.9 Å². The van der Waals surface area contributed by atoms with Gasteiger partial charge in [0.15, 0.2) is 0 Å². The first kappa shape index (κ1) is 15.0. The largest absolute Gasteiger partial charge is 0.480 e. The zero-order valence-electron chi connectivity index (χ0n) is 10.9. The molecule has 2 atom stereocenters. The molecule has 0 spiro atoms. The second-order valence-electron chi connectivity index (χ2n) is 5.20. The second kappa shape index (κ2) is 7.36. The van der Waals surface area contributed by atoms with Crippen molar-refractivity contribution in [1.82, 2.24) is 5.32 Å². The second-order valence-corrected chi connectivity index (χ2v) is 5.20. The van der Waals surface area contributed by atoms with Crippen molar-refractivity contribution in [3.63, 3.8) is 0 Å². The number of hydrogen-bond donors (Lipinski definition) is 3. The van der Waals surface area contributed by atoms with E-state index >= 15 is 0 Å². The molecule has 1 aliphatic carbocycles. The lowest BCUT2D eigenvalue weighted by Gasteiger charge is -2.24. The number of carboxylic acid groups (broad SMARTS) is 2. The van der Waals surface area contributed by atoms with Gasteiger partial charge < -0.3 is 10.2 Å². The van der Waals surface area contributed by atoms with Gasteiger partial charge in [-0.3, -0.25) is 14.9 Å². The number of carboxylic acids is 2. The summed E-state index contributed by atoms with van der Waals surface area (Å²) in [4.78, 5) is 21.8. The van der Waals surface area contributed by atoms with Crippen LogP contribution in [0.3, 0.4) is 0 Å². The van der Waals surface area contributed by atoms with Gasteiger partial charge in [-0.15, -0.1) is 0 Å². The number of carbonyl (C=O) groups is 2. The Morgan fingerprint density at radius 2 is 1.78 bits per heavy atom. The van der Waals surface area contributed by atoms with Crippen LogP contribution >= 0.6 is 0 Å². The van der Waals surface area contributed by atoms with Gasteiger partial charge in [-0.2, -0.15) is 0 Å². The summed E-state index contributed by atoms with van der Waals surface area (Å²) in [6.07, 6.45) is 7.51. The maximum Gasteiger partial charge on any atom is 0.320 e. The van der Waals surface area contributed by atoms with Crippen molar-refractivity contribution in [3.8, 4) is 0 Å². The van der Waals surface area contributed by atoms with E-state index in [0.29, 0.717) is 12.3 Å². The van der Waals surface area contributed by atoms with E-state index in [-0.39, 0.29) is 0 Å². The Labute approximate surface area is 108 Å². The van der Waals surface area contributed by atoms with E-state index in [1.54, 1.807) is 0 Å². The average Bonchev–Trinajstić information content (AvgIpc) is 2.34. The minimum Gasteiger partial charge on any atom is -0.480 e. The van der Waals surface area contributed by atoms with Gasteiger partial charge in [0.25, 0.3) is 0 Å². The molecule has 104 valence electrons. The summed E-state index contributed by atoms with van der Waals surface area (Å²) in [5.41, 5.74) is 0. The highest BCUT2D eigenvalue weighted by Crippen LogP contribution is 2.27. The molecule has 1 fully saturated rings. The third kappa shape index (κ3) is 5.04. The molecule has 3 N–H and O–H groups in total. The van der Waals surface area contributed by atoms with Crippen LogP contribution in [0.5, 0.6) is 0 Å². The average molecular weight is 257 g/mol. The lowest BCUT2D eigenvalue weighted by molar-refractivity contribution is -0.142. The zero-order valence-corrected chi connectivity index (χ0v) is 10.9. The van der Waals surface area contributed by atoms with E-state index in [1.165, 1.54) is 39.0 Å². The Morgan fingerprint density at radius 1 is 1.17 bits per heavy atom. The predicted octanol–water partition coefficient (Wildman–Crippen LogP) is 1.86. The molecular weight excluding hydrogens is 234 g/mol. The van der Waals surface area contributed by atoms with Crippen molar-refractivity contribution < 1.29 is 19.8 Å². The lowest BCUT2D eigenvalue weighted by atomic mass is 9.85. The molecule has 0 aromatic rings. The van der Waals surface area contributed by atoms with E-state index in [4.69, 9.17) is 10.2 Å². The van der Waals surface area contributed by atoms with Crippen molar-refractivity contribution in [2.75, 3.05) is 0 Å². The van der Waals surface area contributed by atoms with Crippen LogP contribution in [0.2, 0.25) is 0 Å². The highest BCUT2D eigenvalue weighted by molar-refractivity contribution is 5.77. The molecular formula is C13H23NO4. The third-order valence-corrected chi connectivity index (χ3v) is 3.71. The summed E-state index contributed by atoms with van der Waals surface area (Å²) in [5.74, 6) is -1.36. The molecule has 18 heavy (non-hydrogen) atoms. The van der Waals surface area contributed by atoms with Gasteiger partial charge in [0.2, 0.25) is 0 Å². The SMILES string of the molecule is C[C@H](N[C@@H](CCC1CCCCC1)C(=O)O)C(=O)O. The minimum atomic E-state index is -1.01. The molecule has 5 heteroatoms. The van der Waals surface area contributed by atoms with Gasteiger partial charge in [-0.1, -0.05) is 32.1 Å². The maximum atomic E-state index is 11.1. The number of aliphatic carboxylic acids is 2. The van der Waals surface area contributed by atoms with Crippen molar-refractivity contribution in [2.24, 2.45) is 5.92 Å². The Kier molecular flexibility index (Phi) is 6.12. The molecule has 1 rings (SSSR count). The van der Waals surface area contributed by atoms with Gasteiger partial charge in [0, 0.05) is 0 Å². The highest BCUT2D eigenvalue weighted by Gasteiger charge is 2.24. The highest BCUT2D eigenvalue weighted by atomic mass is 16.4. The minimum absolute atomic E-state index is 0.512. The first-order chi connectivity index (χ1) is 8.50. The molecule has 0 unspecified atom stereocenters. The summed E-state index contributed by atoms with van der Waals surface area (Å²) >= 11 is 0. The molecule has 0 radical (unpaired) electrons. The fourth-order valence-corrected chi connectivity index (χ4v) is 2.53. The summed E-state index contributed by atoms with van der Waals surface area (Å²) in [6, 6.07) is -1.57. The first-order valence-corrected chi connectivity index (χ1v) is 6.72. The topological polar surface area (TPSA) is 86.6 Å². The number of hydrogen-bond acceptors (Lipinski definition) is 3. The van der Waals surface area contributed by atoms with Crippen LogP contribution in [0.15, 0.2) is 0 Å². The monoisotopic (exact) mass is 257 g/mol. The van der Waals surface area contributed by atoms with Gasteiger partial charge in [-0.25, -0.2) is 0 Å². The summed E-state index contributed by atoms with van der Waals surface area (Å²) in [7, 11) is 0. The molecule has 0 aliphatic heterocycles. The van der Waals surface area contributed by atoms with Crippen LogP contribution in [-0.2, 0) is 9.59 Å². The summed E-state index contributed by atoms with van der Waals surface area (Å²) in [6.45, 7) is 1.47. The van der Waals surface area contributed by atoms with Crippen LogP contribution in [0.1, 0.15) is 51.9 Å². The van der Waals surface area contributed by atoms with Crippen molar-refractivity contribution in [2.45, 2.75) is 64.0 Å². The molecule has 1 aliphatic rings. The third-order valence-electron chi connectivity index (χ3n) is 3.71. The lowest BCUT2D eigenvalue weighted by Crippen LogP contribution is -2.45. The standard InChI is InChI=1S/C13H23NO4/c1-9(12(15)16)14-11(13(17)18)8-7-10-5-3-2-4-6-10/h9-11,14H,2-8H2,1H3,(H,15,16)(H,17,18)/t9-,11-/m0/s1. The zero-order chi connectivity index (χ0) is 13.5. The molecule has 1 saturated carbocycles. The molecule has 0 heterocycles. The van der Waals surface area contributed by atoms with Crippen molar-refractivity contribution in [3.05, 3.63) is 0 Å². The van der Waals surface area contributed by atoms with Crippen LogP contribution in [0, 0.1) is 5.92 Å². The molecule has 0 aromatic carbocycles. The number of nitrogens with one attached hydrogen (secondary N) is 1. The molecule has 5 nitrogen and oxygen atoms in total. The van der Waals surface area contributed by atoms with Gasteiger partial charge >= 0.3 is 11.9 Å². The molecule has 0 aromatic heterocycles. The Hall–Kier alpha value is -1.10. The Morgan fingerprint density at radius 3 is 2.28 bits per heavy atom. The van der Waals surface area contributed by atoms with E-state index in [9.17, 15) is 9.59 Å². The normalized spacial score (nSPS) is 20.3. The van der Waals surface area contributed by atoms with E-state index < -0.39 is 24.0 Å². The van der Waals surface area contributed by atoms with E-state index in [0.717, 1.165) is 6.42 Å². The van der Waals surface area contributed by atoms with Crippen molar-refractivity contribution in [1.29, 1.82) is 0 Å². The summed E-state index contributed by atoms with van der Waals surface area (Å²) in [5, 5.41) is 20.5. The Bertz CT molecular complexity index is 287. The van der Waals surface area contributed by atoms with E-state index in [1.807, 2.05) is 0 Å². The predicted molar refractivity (Wildman–Crippen MR) is 67.5 cm³/mol. The molecule has 0 saturated heterocycles. The fourth-order valence-electron chi connectivity index (χ4n) is 2.53. The smallest absolute Gasteiger partial charge is 0.320 e. The number of rotatable bonds is 7. The van der Waals surface area contributed by atoms with E-state index in [2.05, 4.69) is 5.32 Å². The van der Waals surface area contributed by atoms with Crippen LogP contribution in [0.4, 0.5) is 0 Å². The summed E-state index contributed by atoms with van der Waals surface area (Å²) < 4.78 is 0. The fraction of sp³-hybridized carbons (Fsp3) is 0.846. The maximum absolute atomic E-state index is 11.1. The first-order valence-electron chi connectivity index (χ1n) is 6.72. The van der Waals surface area contributed by atoms with Gasteiger partial charge in [0.05, 0.1) is 0 Å². The van der Waals surface area contributed by atoms with Gasteiger partial charge in [-0.05, 0) is 25.7 Å². The molecule has 0 amide bonds. The van der Waals surface area contributed by atoms with Crippen LogP contribution < -0.4 is 5.32 Å².